The summed E-state index contributed by atoms with van der Waals surface area (Å²) in [4.78, 5) is 26.7. The van der Waals surface area contributed by atoms with Crippen molar-refractivity contribution in [2.45, 2.75) is 67.5 Å². The Bertz CT molecular complexity index is 936. The molecule has 0 bridgehead atoms. The summed E-state index contributed by atoms with van der Waals surface area (Å²) in [5.74, 6) is 0.101. The van der Waals surface area contributed by atoms with Crippen LogP contribution < -0.4 is 10.6 Å². The molecule has 0 spiro atoms. The summed E-state index contributed by atoms with van der Waals surface area (Å²) in [6, 6.07) is 10.2. The number of anilines is 2. The SMILES string of the molecule is CCC(C(=O)Nc1c(C)cc(C)cc1C)[PH](CC)(CC)CC(=O)Nc1c(C)cccc1C. The van der Waals surface area contributed by atoms with Crippen molar-refractivity contribution < 1.29 is 9.59 Å². The van der Waals surface area contributed by atoms with Gasteiger partial charge in [-0.05, 0) is 0 Å². The first-order chi connectivity index (χ1) is 15.1. The Morgan fingerprint density at radius 2 is 1.31 bits per heavy atom. The first kappa shape index (κ1) is 26.1. The van der Waals surface area contributed by atoms with E-state index in [0.717, 1.165) is 52.4 Å². The van der Waals surface area contributed by atoms with Gasteiger partial charge >= 0.3 is 195 Å². The van der Waals surface area contributed by atoms with Gasteiger partial charge in [0.2, 0.25) is 0 Å². The molecule has 0 heterocycles. The van der Waals surface area contributed by atoms with Gasteiger partial charge in [0.25, 0.3) is 0 Å². The van der Waals surface area contributed by atoms with E-state index in [4.69, 9.17) is 0 Å². The number of hydrogen-bond donors (Lipinski definition) is 2. The van der Waals surface area contributed by atoms with E-state index in [2.05, 4.69) is 50.5 Å². The average molecular weight is 457 g/mol. The van der Waals surface area contributed by atoms with Crippen LogP contribution in [0.2, 0.25) is 0 Å². The van der Waals surface area contributed by atoms with Crippen LogP contribution in [0, 0.1) is 34.6 Å². The number of carbonyl (C=O) groups excluding carboxylic acids is 2. The van der Waals surface area contributed by atoms with Crippen LogP contribution in [0.4, 0.5) is 11.4 Å². The van der Waals surface area contributed by atoms with Crippen molar-refractivity contribution in [1.29, 1.82) is 0 Å². The van der Waals surface area contributed by atoms with E-state index < -0.39 is 7.26 Å². The van der Waals surface area contributed by atoms with Crippen molar-refractivity contribution in [3.63, 3.8) is 0 Å². The summed E-state index contributed by atoms with van der Waals surface area (Å²) >= 11 is 0. The van der Waals surface area contributed by atoms with Crippen molar-refractivity contribution >= 4 is 30.5 Å². The Morgan fingerprint density at radius 3 is 1.78 bits per heavy atom. The molecule has 2 rings (SSSR count). The molecule has 0 aliphatic heterocycles. The number of para-hydroxylation sites is 1. The Labute approximate surface area is 194 Å². The number of hydrogen-bond acceptors (Lipinski definition) is 2. The summed E-state index contributed by atoms with van der Waals surface area (Å²) < 4.78 is 0. The molecule has 4 nitrogen and oxygen atoms in total. The van der Waals surface area contributed by atoms with Gasteiger partial charge in [-0.2, -0.15) is 0 Å². The van der Waals surface area contributed by atoms with Gasteiger partial charge in [-0.3, -0.25) is 0 Å². The molecule has 0 aliphatic rings. The van der Waals surface area contributed by atoms with E-state index in [1.807, 2.05) is 45.9 Å². The molecule has 0 saturated heterocycles. The van der Waals surface area contributed by atoms with E-state index in [0.29, 0.717) is 6.16 Å². The second kappa shape index (κ2) is 11.1. The zero-order valence-electron chi connectivity index (χ0n) is 21.1. The molecule has 2 aromatic rings. The van der Waals surface area contributed by atoms with Crippen LogP contribution in [0.25, 0.3) is 0 Å². The molecule has 2 N–H and O–H groups in total. The molecule has 32 heavy (non-hydrogen) atoms. The Balaban J connectivity index is 2.29. The van der Waals surface area contributed by atoms with E-state index in [1.54, 1.807) is 0 Å². The summed E-state index contributed by atoms with van der Waals surface area (Å²) in [6.07, 6.45) is 3.02. The third kappa shape index (κ3) is 5.78. The van der Waals surface area contributed by atoms with E-state index in [-0.39, 0.29) is 17.5 Å². The molecule has 176 valence electrons. The fourth-order valence-corrected chi connectivity index (χ4v) is 9.57. The number of carbonyl (C=O) groups is 2. The number of benzene rings is 2. The van der Waals surface area contributed by atoms with Crippen LogP contribution in [0.1, 0.15) is 55.0 Å². The summed E-state index contributed by atoms with van der Waals surface area (Å²) in [7, 11) is -2.21. The van der Waals surface area contributed by atoms with Crippen molar-refractivity contribution in [1.82, 2.24) is 0 Å². The Morgan fingerprint density at radius 1 is 0.812 bits per heavy atom. The van der Waals surface area contributed by atoms with Gasteiger partial charge in [-0.25, -0.2) is 0 Å². The predicted molar refractivity (Wildman–Crippen MR) is 142 cm³/mol. The first-order valence-corrected chi connectivity index (χ1v) is 14.5. The molecule has 0 fully saturated rings. The van der Waals surface area contributed by atoms with Crippen molar-refractivity contribution in [2.24, 2.45) is 0 Å². The molecule has 1 unspecified atom stereocenters. The normalized spacial score (nSPS) is 12.9. The molecule has 0 aliphatic carbocycles. The fourth-order valence-electron chi connectivity index (χ4n) is 5.12. The van der Waals surface area contributed by atoms with Crippen LogP contribution in [0.15, 0.2) is 30.3 Å². The van der Waals surface area contributed by atoms with Crippen molar-refractivity contribution in [2.75, 3.05) is 29.1 Å². The average Bonchev–Trinajstić information content (AvgIpc) is 2.73. The third-order valence-corrected chi connectivity index (χ3v) is 13.0. The summed E-state index contributed by atoms with van der Waals surface area (Å²) in [6.45, 7) is 16.6. The van der Waals surface area contributed by atoms with Gasteiger partial charge in [-0.15, -0.1) is 0 Å². The third-order valence-electron chi connectivity index (χ3n) is 7.06. The van der Waals surface area contributed by atoms with E-state index in [1.165, 1.54) is 5.56 Å². The molecule has 0 radical (unpaired) electrons. The Kier molecular flexibility index (Phi) is 9.04. The monoisotopic (exact) mass is 456 g/mol. The molecular weight excluding hydrogens is 415 g/mol. The quantitative estimate of drug-likeness (QED) is 0.431. The van der Waals surface area contributed by atoms with E-state index >= 15 is 0 Å². The zero-order chi connectivity index (χ0) is 24.1. The molecule has 5 heteroatoms. The topological polar surface area (TPSA) is 58.2 Å². The first-order valence-electron chi connectivity index (χ1n) is 11.8. The summed E-state index contributed by atoms with van der Waals surface area (Å²) in [5, 5.41) is 6.39. The second-order valence-corrected chi connectivity index (χ2v) is 14.5. The van der Waals surface area contributed by atoms with Gasteiger partial charge in [0.15, 0.2) is 0 Å². The molecule has 2 amide bonds. The van der Waals surface area contributed by atoms with Gasteiger partial charge in [0, 0.05) is 0 Å². The fraction of sp³-hybridized carbons (Fsp3) is 0.481. The Hall–Kier alpha value is -2.19. The maximum absolute atomic E-state index is 13.5. The van der Waals surface area contributed by atoms with Crippen LogP contribution in [-0.2, 0) is 9.59 Å². The van der Waals surface area contributed by atoms with Crippen LogP contribution >= 0.6 is 7.26 Å². The summed E-state index contributed by atoms with van der Waals surface area (Å²) in [5.41, 5.74) is 7.19. The number of aryl methyl sites for hydroxylation is 5. The van der Waals surface area contributed by atoms with Gasteiger partial charge in [0.05, 0.1) is 0 Å². The standard InChI is InChI=1S/C27H41N2O2P/c1-9-23(27(31)29-26-21(7)15-18(4)16-22(26)8)32(10-2,11-3)17-24(30)28-25-19(5)13-12-14-20(25)6/h12-16,23,32H,9-11,17H2,1-8H3,(H,28,30)(H,29,31). The molecular formula is C27H41N2O2P. The number of amides is 2. The predicted octanol–water partition coefficient (Wildman–Crippen LogP) is 6.37. The molecule has 1 atom stereocenters. The second-order valence-electron chi connectivity index (χ2n) is 9.29. The number of rotatable bonds is 9. The minimum atomic E-state index is -2.21. The molecule has 0 saturated carbocycles. The molecule has 2 aromatic carbocycles. The van der Waals surface area contributed by atoms with Crippen molar-refractivity contribution in [3.05, 3.63) is 58.1 Å². The zero-order valence-corrected chi connectivity index (χ0v) is 22.1. The van der Waals surface area contributed by atoms with Crippen LogP contribution in [0.3, 0.4) is 0 Å². The minimum absolute atomic E-state index is 0.0340. The van der Waals surface area contributed by atoms with Crippen LogP contribution in [-0.4, -0.2) is 36.0 Å². The number of nitrogens with one attached hydrogen (secondary N) is 2. The van der Waals surface area contributed by atoms with E-state index in [9.17, 15) is 9.59 Å². The van der Waals surface area contributed by atoms with Crippen molar-refractivity contribution in [3.8, 4) is 0 Å². The maximum atomic E-state index is 13.5. The molecule has 0 aromatic heterocycles. The van der Waals surface area contributed by atoms with Gasteiger partial charge in [-0.1, -0.05) is 0 Å². The van der Waals surface area contributed by atoms with Gasteiger partial charge in [0.1, 0.15) is 0 Å². The van der Waals surface area contributed by atoms with Gasteiger partial charge < -0.3 is 0 Å². The van der Waals surface area contributed by atoms with Crippen LogP contribution in [0.5, 0.6) is 0 Å².